The molecule has 0 heterocycles. The molecule has 0 saturated carbocycles. The quantitative estimate of drug-likeness (QED) is 0.517. The summed E-state index contributed by atoms with van der Waals surface area (Å²) in [7, 11) is 0. The summed E-state index contributed by atoms with van der Waals surface area (Å²) in [5, 5.41) is 0. The first-order chi connectivity index (χ1) is 8.69. The fourth-order valence-corrected chi connectivity index (χ4v) is 1.73. The number of aryl methyl sites for hydroxylation is 1. The SMILES string of the molecule is Cc1ccc(C(=O)Oc2ccc(CS)cc2)cc1. The van der Waals surface area contributed by atoms with Gasteiger partial charge in [0, 0.05) is 5.75 Å². The van der Waals surface area contributed by atoms with Crippen molar-refractivity contribution in [2.75, 3.05) is 0 Å². The predicted octanol–water partition coefficient (Wildman–Crippen LogP) is 3.64. The van der Waals surface area contributed by atoms with Crippen LogP contribution in [0, 0.1) is 6.92 Å². The van der Waals surface area contributed by atoms with Crippen molar-refractivity contribution in [2.24, 2.45) is 0 Å². The fourth-order valence-electron chi connectivity index (χ4n) is 1.52. The minimum absolute atomic E-state index is 0.339. The molecular formula is C15H14O2S. The highest BCUT2D eigenvalue weighted by Crippen LogP contribution is 2.15. The molecule has 0 bridgehead atoms. The van der Waals surface area contributed by atoms with Gasteiger partial charge in [-0.05, 0) is 36.8 Å². The third kappa shape index (κ3) is 3.14. The van der Waals surface area contributed by atoms with Gasteiger partial charge in [0.05, 0.1) is 5.56 Å². The van der Waals surface area contributed by atoms with Gasteiger partial charge in [-0.2, -0.15) is 12.6 Å². The Balaban J connectivity index is 2.08. The number of carbonyl (C=O) groups excluding carboxylic acids is 1. The van der Waals surface area contributed by atoms with Crippen molar-refractivity contribution >= 4 is 18.6 Å². The second-order valence-electron chi connectivity index (χ2n) is 4.06. The Morgan fingerprint density at radius 3 is 2.22 bits per heavy atom. The number of esters is 1. The zero-order valence-electron chi connectivity index (χ0n) is 10.1. The van der Waals surface area contributed by atoms with E-state index in [0.29, 0.717) is 17.1 Å². The molecule has 0 aliphatic heterocycles. The van der Waals surface area contributed by atoms with Gasteiger partial charge in [0.2, 0.25) is 0 Å². The van der Waals surface area contributed by atoms with Gasteiger partial charge in [-0.1, -0.05) is 29.8 Å². The van der Waals surface area contributed by atoms with E-state index in [9.17, 15) is 4.79 Å². The first-order valence-electron chi connectivity index (χ1n) is 5.67. The molecule has 0 spiro atoms. The third-order valence-electron chi connectivity index (χ3n) is 2.60. The number of rotatable bonds is 3. The van der Waals surface area contributed by atoms with Crippen LogP contribution in [0.4, 0.5) is 0 Å². The zero-order chi connectivity index (χ0) is 13.0. The van der Waals surface area contributed by atoms with Gasteiger partial charge in [0.15, 0.2) is 0 Å². The molecule has 2 aromatic rings. The Bertz CT molecular complexity index is 529. The number of carbonyl (C=O) groups is 1. The summed E-state index contributed by atoms with van der Waals surface area (Å²) in [6, 6.07) is 14.6. The summed E-state index contributed by atoms with van der Waals surface area (Å²) in [6.45, 7) is 1.98. The smallest absolute Gasteiger partial charge is 0.343 e. The van der Waals surface area contributed by atoms with E-state index < -0.39 is 0 Å². The molecule has 18 heavy (non-hydrogen) atoms. The normalized spacial score (nSPS) is 10.1. The lowest BCUT2D eigenvalue weighted by Gasteiger charge is -2.05. The van der Waals surface area contributed by atoms with Gasteiger partial charge in [0.1, 0.15) is 5.75 Å². The second-order valence-corrected chi connectivity index (χ2v) is 4.37. The summed E-state index contributed by atoms with van der Waals surface area (Å²) in [6.07, 6.45) is 0. The van der Waals surface area contributed by atoms with E-state index in [-0.39, 0.29) is 5.97 Å². The van der Waals surface area contributed by atoms with Crippen molar-refractivity contribution in [3.05, 3.63) is 65.2 Å². The van der Waals surface area contributed by atoms with E-state index in [1.807, 2.05) is 31.2 Å². The summed E-state index contributed by atoms with van der Waals surface area (Å²) in [4.78, 5) is 11.8. The van der Waals surface area contributed by atoms with Crippen molar-refractivity contribution in [1.82, 2.24) is 0 Å². The Kier molecular flexibility index (Phi) is 4.05. The highest BCUT2D eigenvalue weighted by molar-refractivity contribution is 7.79. The lowest BCUT2D eigenvalue weighted by atomic mass is 10.1. The molecule has 0 aromatic heterocycles. The molecule has 2 rings (SSSR count). The van der Waals surface area contributed by atoms with E-state index in [2.05, 4.69) is 12.6 Å². The fraction of sp³-hybridized carbons (Fsp3) is 0.133. The second kappa shape index (κ2) is 5.74. The molecule has 92 valence electrons. The van der Waals surface area contributed by atoms with E-state index in [1.165, 1.54) is 0 Å². The number of hydrogen-bond donors (Lipinski definition) is 1. The predicted molar refractivity (Wildman–Crippen MR) is 75.3 cm³/mol. The first-order valence-corrected chi connectivity index (χ1v) is 6.31. The van der Waals surface area contributed by atoms with Gasteiger partial charge >= 0.3 is 5.97 Å². The Hall–Kier alpha value is -1.74. The van der Waals surface area contributed by atoms with E-state index in [0.717, 1.165) is 11.1 Å². The van der Waals surface area contributed by atoms with Gasteiger partial charge in [-0.15, -0.1) is 0 Å². The standard InChI is InChI=1S/C15H14O2S/c1-11-2-6-13(7-3-11)15(16)17-14-8-4-12(10-18)5-9-14/h2-9,18H,10H2,1H3. The average molecular weight is 258 g/mol. The van der Waals surface area contributed by atoms with Crippen molar-refractivity contribution in [3.8, 4) is 5.75 Å². The van der Waals surface area contributed by atoms with Crippen LogP contribution in [0.3, 0.4) is 0 Å². The maximum Gasteiger partial charge on any atom is 0.343 e. The molecule has 0 saturated heterocycles. The number of ether oxygens (including phenoxy) is 1. The molecule has 0 unspecified atom stereocenters. The minimum atomic E-state index is -0.339. The lowest BCUT2D eigenvalue weighted by molar-refractivity contribution is 0.0735. The van der Waals surface area contributed by atoms with E-state index >= 15 is 0 Å². The number of hydrogen-bond acceptors (Lipinski definition) is 3. The largest absolute Gasteiger partial charge is 0.423 e. The first kappa shape index (κ1) is 12.7. The number of benzene rings is 2. The molecule has 0 aliphatic rings. The van der Waals surface area contributed by atoms with Crippen molar-refractivity contribution in [1.29, 1.82) is 0 Å². The molecule has 0 N–H and O–H groups in total. The number of thiol groups is 1. The summed E-state index contributed by atoms with van der Waals surface area (Å²) in [5.74, 6) is 0.881. The van der Waals surface area contributed by atoms with E-state index in [1.54, 1.807) is 24.3 Å². The van der Waals surface area contributed by atoms with Crippen LogP contribution in [0.25, 0.3) is 0 Å². The molecule has 0 atom stereocenters. The Morgan fingerprint density at radius 2 is 1.67 bits per heavy atom. The Labute approximate surface area is 112 Å². The third-order valence-corrected chi connectivity index (χ3v) is 2.97. The molecule has 0 aliphatic carbocycles. The van der Waals surface area contributed by atoms with Crippen LogP contribution in [-0.4, -0.2) is 5.97 Å². The van der Waals surface area contributed by atoms with Crippen LogP contribution in [0.2, 0.25) is 0 Å². The molecule has 2 nitrogen and oxygen atoms in total. The zero-order valence-corrected chi connectivity index (χ0v) is 11.0. The molecule has 3 heteroatoms. The van der Waals surface area contributed by atoms with Crippen LogP contribution in [-0.2, 0) is 5.75 Å². The van der Waals surface area contributed by atoms with Crippen LogP contribution >= 0.6 is 12.6 Å². The summed E-state index contributed by atoms with van der Waals surface area (Å²) in [5.41, 5.74) is 2.76. The summed E-state index contributed by atoms with van der Waals surface area (Å²) < 4.78 is 5.28. The monoisotopic (exact) mass is 258 g/mol. The Morgan fingerprint density at radius 1 is 1.06 bits per heavy atom. The maximum atomic E-state index is 11.8. The molecule has 2 aromatic carbocycles. The van der Waals surface area contributed by atoms with Crippen LogP contribution in [0.1, 0.15) is 21.5 Å². The van der Waals surface area contributed by atoms with Gasteiger partial charge < -0.3 is 4.74 Å². The summed E-state index contributed by atoms with van der Waals surface area (Å²) >= 11 is 4.17. The highest BCUT2D eigenvalue weighted by Gasteiger charge is 2.07. The van der Waals surface area contributed by atoms with Crippen molar-refractivity contribution in [3.63, 3.8) is 0 Å². The van der Waals surface area contributed by atoms with Gasteiger partial charge in [-0.3, -0.25) is 0 Å². The molecule has 0 fully saturated rings. The van der Waals surface area contributed by atoms with Crippen LogP contribution in [0.5, 0.6) is 5.75 Å². The lowest BCUT2D eigenvalue weighted by Crippen LogP contribution is -2.08. The van der Waals surface area contributed by atoms with Gasteiger partial charge in [-0.25, -0.2) is 4.79 Å². The molecule has 0 radical (unpaired) electrons. The average Bonchev–Trinajstić information content (AvgIpc) is 2.40. The maximum absolute atomic E-state index is 11.8. The van der Waals surface area contributed by atoms with Gasteiger partial charge in [0.25, 0.3) is 0 Å². The molecular weight excluding hydrogens is 244 g/mol. The van der Waals surface area contributed by atoms with Crippen LogP contribution < -0.4 is 4.74 Å². The molecule has 0 amide bonds. The topological polar surface area (TPSA) is 26.3 Å². The van der Waals surface area contributed by atoms with Crippen molar-refractivity contribution < 1.29 is 9.53 Å². The van der Waals surface area contributed by atoms with Crippen molar-refractivity contribution in [2.45, 2.75) is 12.7 Å². The highest BCUT2D eigenvalue weighted by atomic mass is 32.1. The minimum Gasteiger partial charge on any atom is -0.423 e. The van der Waals surface area contributed by atoms with Crippen LogP contribution in [0.15, 0.2) is 48.5 Å². The van der Waals surface area contributed by atoms with E-state index in [4.69, 9.17) is 4.74 Å².